The third-order valence-corrected chi connectivity index (χ3v) is 3.48. The summed E-state index contributed by atoms with van der Waals surface area (Å²) >= 11 is 0. The summed E-state index contributed by atoms with van der Waals surface area (Å²) in [5.41, 5.74) is 1.59. The molecule has 2 rings (SSSR count). The summed E-state index contributed by atoms with van der Waals surface area (Å²) in [6.45, 7) is 0.921. The van der Waals surface area contributed by atoms with E-state index in [2.05, 4.69) is 15.4 Å². The van der Waals surface area contributed by atoms with Crippen LogP contribution in [0.15, 0.2) is 24.3 Å². The van der Waals surface area contributed by atoms with Crippen molar-refractivity contribution in [2.45, 2.75) is 18.8 Å². The largest absolute Gasteiger partial charge is 0.469 e. The molecule has 112 valence electrons. The number of fused-ring (bicyclic) bond motifs is 1. The van der Waals surface area contributed by atoms with E-state index in [1.807, 2.05) is 18.2 Å². The second-order valence-corrected chi connectivity index (χ2v) is 4.87. The molecule has 6 nitrogen and oxygen atoms in total. The lowest BCUT2D eigenvalue weighted by Gasteiger charge is -2.25. The third-order valence-electron chi connectivity index (χ3n) is 3.48. The van der Waals surface area contributed by atoms with E-state index in [-0.39, 0.29) is 30.6 Å². The maximum absolute atomic E-state index is 11.7. The summed E-state index contributed by atoms with van der Waals surface area (Å²) in [4.78, 5) is 34.4. The van der Waals surface area contributed by atoms with Crippen LogP contribution in [0.3, 0.4) is 0 Å². The van der Waals surface area contributed by atoms with Crippen LogP contribution in [0.2, 0.25) is 0 Å². The lowest BCUT2D eigenvalue weighted by atomic mass is 9.90. The van der Waals surface area contributed by atoms with Gasteiger partial charge in [0, 0.05) is 31.0 Å². The Hall–Kier alpha value is -2.37. The SMILES string of the molecule is COC(=O)CCC(=O)NCC1CNC(=O)c2ccccc21. The Kier molecular flexibility index (Phi) is 4.92. The van der Waals surface area contributed by atoms with Gasteiger partial charge >= 0.3 is 5.97 Å². The molecule has 0 fully saturated rings. The second kappa shape index (κ2) is 6.88. The van der Waals surface area contributed by atoms with Crippen molar-refractivity contribution in [1.82, 2.24) is 10.6 Å². The number of carbonyl (C=O) groups excluding carboxylic acids is 3. The molecule has 1 aromatic carbocycles. The van der Waals surface area contributed by atoms with Crippen molar-refractivity contribution < 1.29 is 19.1 Å². The fraction of sp³-hybridized carbons (Fsp3) is 0.400. The van der Waals surface area contributed by atoms with E-state index in [9.17, 15) is 14.4 Å². The minimum absolute atomic E-state index is 0.0426. The molecule has 1 aliphatic rings. The Morgan fingerprint density at radius 2 is 2.10 bits per heavy atom. The van der Waals surface area contributed by atoms with E-state index in [1.165, 1.54) is 7.11 Å². The summed E-state index contributed by atoms with van der Waals surface area (Å²) in [5.74, 6) is -0.643. The normalized spacial score (nSPS) is 16.6. The van der Waals surface area contributed by atoms with Crippen molar-refractivity contribution >= 4 is 17.8 Å². The quantitative estimate of drug-likeness (QED) is 0.777. The number of nitrogens with one attached hydrogen (secondary N) is 2. The molecule has 2 N–H and O–H groups in total. The maximum Gasteiger partial charge on any atom is 0.306 e. The molecule has 0 aliphatic carbocycles. The van der Waals surface area contributed by atoms with Crippen molar-refractivity contribution in [3.05, 3.63) is 35.4 Å². The van der Waals surface area contributed by atoms with Gasteiger partial charge in [0.25, 0.3) is 5.91 Å². The average molecular weight is 290 g/mol. The first-order valence-corrected chi connectivity index (χ1v) is 6.82. The first-order valence-electron chi connectivity index (χ1n) is 6.82. The highest BCUT2D eigenvalue weighted by molar-refractivity contribution is 5.97. The van der Waals surface area contributed by atoms with Gasteiger partial charge in [0.2, 0.25) is 5.91 Å². The van der Waals surface area contributed by atoms with Crippen molar-refractivity contribution in [1.29, 1.82) is 0 Å². The zero-order valence-electron chi connectivity index (χ0n) is 11.8. The monoisotopic (exact) mass is 290 g/mol. The molecule has 0 bridgehead atoms. The van der Waals surface area contributed by atoms with Gasteiger partial charge in [0.05, 0.1) is 13.5 Å². The molecule has 0 saturated carbocycles. The zero-order chi connectivity index (χ0) is 15.2. The van der Waals surface area contributed by atoms with Gasteiger partial charge in [-0.1, -0.05) is 18.2 Å². The molecule has 0 saturated heterocycles. The van der Waals surface area contributed by atoms with Gasteiger partial charge in [-0.2, -0.15) is 0 Å². The van der Waals surface area contributed by atoms with Crippen LogP contribution >= 0.6 is 0 Å². The highest BCUT2D eigenvalue weighted by Crippen LogP contribution is 2.23. The Labute approximate surface area is 122 Å². The summed E-state index contributed by atoms with van der Waals surface area (Å²) in [7, 11) is 1.29. The van der Waals surface area contributed by atoms with Crippen LogP contribution in [0, 0.1) is 0 Å². The number of benzene rings is 1. The second-order valence-electron chi connectivity index (χ2n) is 4.87. The molecule has 0 aromatic heterocycles. The number of amides is 2. The number of hydrogen-bond donors (Lipinski definition) is 2. The summed E-state index contributed by atoms with van der Waals surface area (Å²) in [6, 6.07) is 7.37. The summed E-state index contributed by atoms with van der Waals surface area (Å²) in [5, 5.41) is 5.60. The Morgan fingerprint density at radius 1 is 1.33 bits per heavy atom. The van der Waals surface area contributed by atoms with Crippen LogP contribution in [0.5, 0.6) is 0 Å². The maximum atomic E-state index is 11.7. The number of ether oxygens (including phenoxy) is 1. The van der Waals surface area contributed by atoms with E-state index >= 15 is 0 Å². The van der Waals surface area contributed by atoms with E-state index in [1.54, 1.807) is 6.07 Å². The Bertz CT molecular complexity index is 556. The van der Waals surface area contributed by atoms with E-state index in [0.29, 0.717) is 18.7 Å². The number of methoxy groups -OCH3 is 1. The number of rotatable bonds is 5. The van der Waals surface area contributed by atoms with E-state index in [4.69, 9.17) is 0 Å². The van der Waals surface area contributed by atoms with Crippen LogP contribution < -0.4 is 10.6 Å². The highest BCUT2D eigenvalue weighted by Gasteiger charge is 2.24. The molecular formula is C15H18N2O4. The summed E-state index contributed by atoms with van der Waals surface area (Å²) in [6.07, 6.45) is 0.174. The van der Waals surface area contributed by atoms with Gasteiger partial charge in [0.1, 0.15) is 0 Å². The van der Waals surface area contributed by atoms with Crippen molar-refractivity contribution in [3.63, 3.8) is 0 Å². The molecule has 21 heavy (non-hydrogen) atoms. The van der Waals surface area contributed by atoms with Gasteiger partial charge in [-0.3, -0.25) is 14.4 Å². The van der Waals surface area contributed by atoms with Gasteiger partial charge in [0.15, 0.2) is 0 Å². The fourth-order valence-corrected chi connectivity index (χ4v) is 2.31. The smallest absolute Gasteiger partial charge is 0.306 e. The number of carbonyl (C=O) groups is 3. The minimum Gasteiger partial charge on any atom is -0.469 e. The topological polar surface area (TPSA) is 84.5 Å². The standard InChI is InChI=1S/C15H18N2O4/c1-21-14(19)7-6-13(18)16-8-10-9-17-15(20)12-5-3-2-4-11(10)12/h2-5,10H,6-9H2,1H3,(H,16,18)(H,17,20). The van der Waals surface area contributed by atoms with Crippen LogP contribution in [0.1, 0.15) is 34.7 Å². The molecule has 1 aliphatic heterocycles. The Morgan fingerprint density at radius 3 is 2.86 bits per heavy atom. The van der Waals surface area contributed by atoms with Gasteiger partial charge in [-0.05, 0) is 11.6 Å². The van der Waals surface area contributed by atoms with E-state index < -0.39 is 5.97 Å². The molecule has 1 atom stereocenters. The van der Waals surface area contributed by atoms with Crippen LogP contribution in [0.25, 0.3) is 0 Å². The number of esters is 1. The lowest BCUT2D eigenvalue weighted by Crippen LogP contribution is -2.40. The lowest BCUT2D eigenvalue weighted by molar-refractivity contribution is -0.142. The predicted molar refractivity (Wildman–Crippen MR) is 75.8 cm³/mol. The number of hydrogen-bond acceptors (Lipinski definition) is 4. The third kappa shape index (κ3) is 3.81. The summed E-state index contributed by atoms with van der Waals surface area (Å²) < 4.78 is 4.49. The predicted octanol–water partition coefficient (Wildman–Crippen LogP) is 0.583. The Balaban J connectivity index is 1.90. The molecular weight excluding hydrogens is 272 g/mol. The molecule has 1 heterocycles. The molecule has 1 aromatic rings. The molecule has 6 heteroatoms. The van der Waals surface area contributed by atoms with E-state index in [0.717, 1.165) is 5.56 Å². The van der Waals surface area contributed by atoms with Gasteiger partial charge in [-0.25, -0.2) is 0 Å². The van der Waals surface area contributed by atoms with Crippen molar-refractivity contribution in [2.75, 3.05) is 20.2 Å². The molecule has 0 spiro atoms. The van der Waals surface area contributed by atoms with Gasteiger partial charge < -0.3 is 15.4 Å². The van der Waals surface area contributed by atoms with Crippen LogP contribution in [-0.2, 0) is 14.3 Å². The first-order chi connectivity index (χ1) is 10.1. The van der Waals surface area contributed by atoms with Crippen LogP contribution in [-0.4, -0.2) is 38.0 Å². The average Bonchev–Trinajstić information content (AvgIpc) is 2.52. The van der Waals surface area contributed by atoms with Gasteiger partial charge in [-0.15, -0.1) is 0 Å². The minimum atomic E-state index is -0.402. The van der Waals surface area contributed by atoms with Crippen LogP contribution in [0.4, 0.5) is 0 Å². The fourth-order valence-electron chi connectivity index (χ4n) is 2.31. The molecule has 1 unspecified atom stereocenters. The highest BCUT2D eigenvalue weighted by atomic mass is 16.5. The van der Waals surface area contributed by atoms with Crippen molar-refractivity contribution in [3.8, 4) is 0 Å². The first kappa shape index (κ1) is 15.0. The molecule has 2 amide bonds. The molecule has 0 radical (unpaired) electrons. The van der Waals surface area contributed by atoms with Crippen molar-refractivity contribution in [2.24, 2.45) is 0 Å². The zero-order valence-corrected chi connectivity index (χ0v) is 11.8.